The topological polar surface area (TPSA) is 64.0 Å². The highest BCUT2D eigenvalue weighted by Gasteiger charge is 2.13. The summed E-state index contributed by atoms with van der Waals surface area (Å²) < 4.78 is 14.6. The minimum absolute atomic E-state index is 0.196. The highest BCUT2D eigenvalue weighted by Crippen LogP contribution is 2.26. The molecule has 0 aliphatic carbocycles. The average Bonchev–Trinajstić information content (AvgIpc) is 2.61. The number of anilines is 1. The van der Waals surface area contributed by atoms with Crippen LogP contribution in [0.15, 0.2) is 41.2 Å². The van der Waals surface area contributed by atoms with Crippen molar-refractivity contribution in [1.29, 1.82) is 0 Å². The second kappa shape index (κ2) is 7.25. The molecule has 1 N–H and O–H groups in total. The molecule has 1 heterocycles. The molecule has 0 aliphatic rings. The number of carbonyl (C=O) groups excluding carboxylic acids is 1. The zero-order chi connectivity index (χ0) is 18.8. The van der Waals surface area contributed by atoms with Gasteiger partial charge in [0.25, 0.3) is 5.56 Å². The largest absolute Gasteiger partial charge is 0.325 e. The maximum Gasteiger partial charge on any atom is 0.261 e. The number of benzene rings is 2. The molecular weight excluding hydrogens is 357 g/mol. The van der Waals surface area contributed by atoms with E-state index in [4.69, 9.17) is 11.6 Å². The van der Waals surface area contributed by atoms with Crippen molar-refractivity contribution in [3.05, 3.63) is 69.0 Å². The number of nitrogens with one attached hydrogen (secondary N) is 1. The SMILES string of the molecule is CCC(=O)Nc1cc2c(=O)n(Cc3ccc(F)cc3)c(C)nc2cc1Cl. The van der Waals surface area contributed by atoms with Gasteiger partial charge in [-0.2, -0.15) is 0 Å². The number of amides is 1. The van der Waals surface area contributed by atoms with Crippen LogP contribution in [0.4, 0.5) is 10.1 Å². The number of rotatable bonds is 4. The first-order valence-corrected chi connectivity index (χ1v) is 8.52. The Bertz CT molecular complexity index is 1050. The molecule has 0 aliphatic heterocycles. The van der Waals surface area contributed by atoms with Crippen molar-refractivity contribution in [3.8, 4) is 0 Å². The van der Waals surface area contributed by atoms with E-state index >= 15 is 0 Å². The quantitative estimate of drug-likeness (QED) is 0.754. The molecule has 0 bridgehead atoms. The lowest BCUT2D eigenvalue weighted by Gasteiger charge is -2.13. The third-order valence-electron chi connectivity index (χ3n) is 4.08. The second-order valence-corrected chi connectivity index (χ2v) is 6.33. The standard InChI is InChI=1S/C19H17ClFN3O2/c1-3-18(25)23-17-8-14-16(9-15(17)20)22-11(2)24(19(14)26)10-12-4-6-13(21)7-5-12/h4-9H,3,10H2,1-2H3,(H,23,25). The smallest absolute Gasteiger partial charge is 0.261 e. The molecule has 0 unspecified atom stereocenters. The Hall–Kier alpha value is -2.73. The van der Waals surface area contributed by atoms with Crippen molar-refractivity contribution >= 4 is 34.1 Å². The van der Waals surface area contributed by atoms with Crippen molar-refractivity contribution in [2.24, 2.45) is 0 Å². The fraction of sp³-hybridized carbons (Fsp3) is 0.211. The van der Waals surface area contributed by atoms with Gasteiger partial charge < -0.3 is 5.32 Å². The minimum Gasteiger partial charge on any atom is -0.325 e. The van der Waals surface area contributed by atoms with Gasteiger partial charge in [-0.15, -0.1) is 0 Å². The van der Waals surface area contributed by atoms with Gasteiger partial charge >= 0.3 is 0 Å². The number of aryl methyl sites for hydroxylation is 1. The summed E-state index contributed by atoms with van der Waals surface area (Å²) in [5.41, 5.74) is 1.37. The number of halogens is 2. The maximum atomic E-state index is 13.1. The summed E-state index contributed by atoms with van der Waals surface area (Å²) in [4.78, 5) is 29.0. The predicted octanol–water partition coefficient (Wildman–Crippen LogP) is 3.89. The van der Waals surface area contributed by atoms with Crippen LogP contribution in [0, 0.1) is 12.7 Å². The van der Waals surface area contributed by atoms with E-state index in [0.29, 0.717) is 33.9 Å². The lowest BCUT2D eigenvalue weighted by molar-refractivity contribution is -0.115. The Morgan fingerprint density at radius 2 is 1.96 bits per heavy atom. The maximum absolute atomic E-state index is 13.1. The van der Waals surface area contributed by atoms with Gasteiger partial charge in [-0.1, -0.05) is 30.7 Å². The molecule has 3 rings (SSSR count). The zero-order valence-electron chi connectivity index (χ0n) is 14.3. The van der Waals surface area contributed by atoms with Crippen LogP contribution in [0.2, 0.25) is 5.02 Å². The number of nitrogens with zero attached hydrogens (tertiary/aromatic N) is 2. The first-order chi connectivity index (χ1) is 12.4. The van der Waals surface area contributed by atoms with E-state index in [0.717, 1.165) is 5.56 Å². The summed E-state index contributed by atoms with van der Waals surface area (Å²) in [5.74, 6) is -0.00778. The molecule has 1 amide bonds. The number of aromatic nitrogens is 2. The van der Waals surface area contributed by atoms with Crippen LogP contribution in [0.25, 0.3) is 10.9 Å². The van der Waals surface area contributed by atoms with Crippen molar-refractivity contribution in [3.63, 3.8) is 0 Å². The number of hydrogen-bond donors (Lipinski definition) is 1. The van der Waals surface area contributed by atoms with Gasteiger partial charge in [0.1, 0.15) is 11.6 Å². The Balaban J connectivity index is 2.09. The van der Waals surface area contributed by atoms with Crippen LogP contribution in [-0.4, -0.2) is 15.5 Å². The first kappa shape index (κ1) is 18.1. The van der Waals surface area contributed by atoms with E-state index in [1.807, 2.05) is 0 Å². The number of fused-ring (bicyclic) bond motifs is 1. The highest BCUT2D eigenvalue weighted by atomic mass is 35.5. The first-order valence-electron chi connectivity index (χ1n) is 8.14. The fourth-order valence-corrected chi connectivity index (χ4v) is 2.85. The van der Waals surface area contributed by atoms with Crippen molar-refractivity contribution in [2.75, 3.05) is 5.32 Å². The van der Waals surface area contributed by atoms with Gasteiger partial charge in [-0.05, 0) is 36.8 Å². The Morgan fingerprint density at radius 1 is 1.27 bits per heavy atom. The van der Waals surface area contributed by atoms with Crippen LogP contribution < -0.4 is 10.9 Å². The summed E-state index contributed by atoms with van der Waals surface area (Å²) >= 11 is 6.19. The molecule has 3 aromatic rings. The molecule has 0 atom stereocenters. The van der Waals surface area contributed by atoms with Gasteiger partial charge in [0.2, 0.25) is 5.91 Å². The van der Waals surface area contributed by atoms with Crippen LogP contribution in [0.3, 0.4) is 0 Å². The Labute approximate surface area is 154 Å². The highest BCUT2D eigenvalue weighted by molar-refractivity contribution is 6.34. The lowest BCUT2D eigenvalue weighted by Crippen LogP contribution is -2.24. The normalized spacial score (nSPS) is 10.9. The molecule has 0 saturated carbocycles. The third-order valence-corrected chi connectivity index (χ3v) is 4.40. The average molecular weight is 374 g/mol. The van der Waals surface area contributed by atoms with Gasteiger partial charge in [-0.25, -0.2) is 9.37 Å². The van der Waals surface area contributed by atoms with Crippen molar-refractivity contribution in [2.45, 2.75) is 26.8 Å². The molecule has 0 radical (unpaired) electrons. The van der Waals surface area contributed by atoms with Crippen LogP contribution >= 0.6 is 11.6 Å². The van der Waals surface area contributed by atoms with Crippen LogP contribution in [0.5, 0.6) is 0 Å². The molecule has 1 aromatic heterocycles. The third kappa shape index (κ3) is 3.60. The van der Waals surface area contributed by atoms with Gasteiger partial charge in [0.05, 0.1) is 28.2 Å². The Kier molecular flexibility index (Phi) is 5.04. The number of carbonyl (C=O) groups is 1. The summed E-state index contributed by atoms with van der Waals surface area (Å²) in [5, 5.41) is 3.36. The van der Waals surface area contributed by atoms with E-state index in [1.54, 1.807) is 38.1 Å². The van der Waals surface area contributed by atoms with Crippen LogP contribution in [0.1, 0.15) is 24.7 Å². The lowest BCUT2D eigenvalue weighted by atomic mass is 10.2. The van der Waals surface area contributed by atoms with Gasteiger partial charge in [-0.3, -0.25) is 14.2 Å². The summed E-state index contributed by atoms with van der Waals surface area (Å²) in [6.07, 6.45) is 0.301. The number of hydrogen-bond acceptors (Lipinski definition) is 3. The van der Waals surface area contributed by atoms with Crippen molar-refractivity contribution < 1.29 is 9.18 Å². The molecule has 134 valence electrons. The molecule has 26 heavy (non-hydrogen) atoms. The molecule has 5 nitrogen and oxygen atoms in total. The Morgan fingerprint density at radius 3 is 2.62 bits per heavy atom. The molecule has 2 aromatic carbocycles. The van der Waals surface area contributed by atoms with E-state index in [1.165, 1.54) is 16.7 Å². The summed E-state index contributed by atoms with van der Waals surface area (Å²) in [6, 6.07) is 9.06. The molecule has 0 saturated heterocycles. The fourth-order valence-electron chi connectivity index (χ4n) is 2.65. The van der Waals surface area contributed by atoms with E-state index in [9.17, 15) is 14.0 Å². The summed E-state index contributed by atoms with van der Waals surface area (Å²) in [6.45, 7) is 3.73. The second-order valence-electron chi connectivity index (χ2n) is 5.93. The molecule has 0 spiro atoms. The zero-order valence-corrected chi connectivity index (χ0v) is 15.1. The molecule has 0 fully saturated rings. The van der Waals surface area contributed by atoms with E-state index in [-0.39, 0.29) is 23.8 Å². The van der Waals surface area contributed by atoms with Gasteiger partial charge in [0.15, 0.2) is 0 Å². The van der Waals surface area contributed by atoms with Crippen molar-refractivity contribution in [1.82, 2.24) is 9.55 Å². The van der Waals surface area contributed by atoms with Crippen LogP contribution in [-0.2, 0) is 11.3 Å². The van der Waals surface area contributed by atoms with Gasteiger partial charge in [0, 0.05) is 6.42 Å². The predicted molar refractivity (Wildman–Crippen MR) is 100 cm³/mol. The monoisotopic (exact) mass is 373 g/mol. The molecule has 7 heteroatoms. The summed E-state index contributed by atoms with van der Waals surface area (Å²) in [7, 11) is 0. The van der Waals surface area contributed by atoms with E-state index in [2.05, 4.69) is 10.3 Å². The van der Waals surface area contributed by atoms with E-state index < -0.39 is 0 Å². The molecular formula is C19H17ClFN3O2. The minimum atomic E-state index is -0.333.